The van der Waals surface area contributed by atoms with Crippen molar-refractivity contribution in [1.29, 1.82) is 0 Å². The Hall–Kier alpha value is -3.10. The Morgan fingerprint density at radius 2 is 2.03 bits per heavy atom. The third-order valence-corrected chi connectivity index (χ3v) is 7.63. The monoisotopic (exact) mass is 516 g/mol. The van der Waals surface area contributed by atoms with Crippen LogP contribution in [-0.4, -0.2) is 47.6 Å². The third kappa shape index (κ3) is 4.36. The lowest BCUT2D eigenvalue weighted by Gasteiger charge is -2.53. The Labute approximate surface area is 211 Å². The van der Waals surface area contributed by atoms with Gasteiger partial charge in [-0.2, -0.15) is 0 Å². The number of piperidine rings is 2. The van der Waals surface area contributed by atoms with E-state index in [0.717, 1.165) is 19.5 Å². The van der Waals surface area contributed by atoms with Gasteiger partial charge < -0.3 is 19.7 Å². The zero-order chi connectivity index (χ0) is 24.7. The standard InChI is InChI=1S/C25H23Cl2FN4O3/c1-3-22(33)32-9-13-6-14(10-32)16(13)11-35-21-7-15-19(8-20(21)34-2)29-12-30-25(15)31-18-5-4-17(26)23(27)24(18)28/h3-5,7-8,12-14,16H,1,6,9-11H2,2H3,(H,29,30,31)/t13-,14+,16?. The molecule has 1 unspecified atom stereocenters. The number of carbonyl (C=O) groups is 1. The zero-order valence-corrected chi connectivity index (χ0v) is 20.4. The topological polar surface area (TPSA) is 76.6 Å². The Bertz CT molecular complexity index is 1310. The number of nitrogens with zero attached hydrogens (tertiary/aromatic N) is 3. The summed E-state index contributed by atoms with van der Waals surface area (Å²) in [5.74, 6) is 1.94. The second-order valence-electron chi connectivity index (χ2n) is 8.77. The van der Waals surface area contributed by atoms with E-state index >= 15 is 0 Å². The number of aromatic nitrogens is 2. The molecule has 1 N–H and O–H groups in total. The molecule has 2 bridgehead atoms. The maximum absolute atomic E-state index is 14.6. The highest BCUT2D eigenvalue weighted by Gasteiger charge is 2.47. The summed E-state index contributed by atoms with van der Waals surface area (Å²) in [4.78, 5) is 22.4. The summed E-state index contributed by atoms with van der Waals surface area (Å²) in [6, 6.07) is 6.55. The largest absolute Gasteiger partial charge is 0.493 e. The fourth-order valence-corrected chi connectivity index (χ4v) is 5.25. The number of anilines is 2. The van der Waals surface area contributed by atoms with Gasteiger partial charge in [0, 0.05) is 30.5 Å². The van der Waals surface area contributed by atoms with Crippen LogP contribution in [0.4, 0.5) is 15.9 Å². The number of halogens is 3. The van der Waals surface area contributed by atoms with Crippen LogP contribution in [0.5, 0.6) is 11.5 Å². The fraction of sp³-hybridized carbons (Fsp3) is 0.320. The van der Waals surface area contributed by atoms with Gasteiger partial charge in [-0.3, -0.25) is 4.79 Å². The van der Waals surface area contributed by atoms with Crippen molar-refractivity contribution in [1.82, 2.24) is 14.9 Å². The summed E-state index contributed by atoms with van der Waals surface area (Å²) in [5.41, 5.74) is 0.741. The molecule has 3 aliphatic rings. The summed E-state index contributed by atoms with van der Waals surface area (Å²) in [6.07, 6.45) is 3.85. The molecule has 3 heterocycles. The van der Waals surface area contributed by atoms with E-state index in [1.165, 1.54) is 24.5 Å². The van der Waals surface area contributed by atoms with Crippen molar-refractivity contribution in [2.45, 2.75) is 6.42 Å². The van der Waals surface area contributed by atoms with Gasteiger partial charge in [-0.25, -0.2) is 14.4 Å². The number of benzene rings is 2. The van der Waals surface area contributed by atoms with Crippen LogP contribution in [0.3, 0.4) is 0 Å². The molecule has 1 saturated carbocycles. The van der Waals surface area contributed by atoms with Crippen LogP contribution in [0.1, 0.15) is 6.42 Å². The highest BCUT2D eigenvalue weighted by molar-refractivity contribution is 6.42. The summed E-state index contributed by atoms with van der Waals surface area (Å²) < 4.78 is 26.4. The van der Waals surface area contributed by atoms with Gasteiger partial charge in [-0.05, 0) is 42.5 Å². The minimum atomic E-state index is -0.670. The van der Waals surface area contributed by atoms with Gasteiger partial charge >= 0.3 is 0 Å². The zero-order valence-electron chi connectivity index (χ0n) is 18.9. The van der Waals surface area contributed by atoms with Crippen molar-refractivity contribution in [3.63, 3.8) is 0 Å². The van der Waals surface area contributed by atoms with E-state index in [2.05, 4.69) is 21.9 Å². The summed E-state index contributed by atoms with van der Waals surface area (Å²) >= 11 is 11.9. The SMILES string of the molecule is C=CC(=O)N1C[C@H]2C[C@@H](C1)C2COc1cc2c(Nc3ccc(Cl)c(Cl)c3F)ncnc2cc1OC. The predicted octanol–water partition coefficient (Wildman–Crippen LogP) is 5.49. The molecule has 2 saturated heterocycles. The van der Waals surface area contributed by atoms with Crippen molar-refractivity contribution >= 4 is 51.5 Å². The Morgan fingerprint density at radius 1 is 1.26 bits per heavy atom. The molecule has 2 aliphatic heterocycles. The summed E-state index contributed by atoms with van der Waals surface area (Å²) in [6.45, 7) is 5.53. The lowest BCUT2D eigenvalue weighted by atomic mass is 9.62. The summed E-state index contributed by atoms with van der Waals surface area (Å²) in [7, 11) is 1.57. The number of amides is 1. The Kier molecular flexibility index (Phi) is 6.42. The number of hydrogen-bond donors (Lipinski definition) is 1. The number of ether oxygens (including phenoxy) is 2. The second kappa shape index (κ2) is 9.51. The first-order chi connectivity index (χ1) is 16.9. The first-order valence-corrected chi connectivity index (χ1v) is 11.9. The Morgan fingerprint density at radius 3 is 2.74 bits per heavy atom. The number of methoxy groups -OCH3 is 1. The van der Waals surface area contributed by atoms with E-state index in [1.54, 1.807) is 19.2 Å². The molecule has 3 fully saturated rings. The molecule has 35 heavy (non-hydrogen) atoms. The molecule has 7 nitrogen and oxygen atoms in total. The number of rotatable bonds is 7. The minimum absolute atomic E-state index is 0.0197. The Balaban J connectivity index is 1.38. The van der Waals surface area contributed by atoms with Gasteiger partial charge in [-0.1, -0.05) is 29.8 Å². The van der Waals surface area contributed by atoms with Crippen molar-refractivity contribution in [2.75, 3.05) is 32.1 Å². The highest BCUT2D eigenvalue weighted by atomic mass is 35.5. The van der Waals surface area contributed by atoms with E-state index in [9.17, 15) is 9.18 Å². The van der Waals surface area contributed by atoms with Crippen LogP contribution >= 0.6 is 23.2 Å². The number of hydrogen-bond acceptors (Lipinski definition) is 6. The molecule has 1 aliphatic carbocycles. The average Bonchev–Trinajstić information content (AvgIpc) is 2.88. The van der Waals surface area contributed by atoms with Crippen LogP contribution in [0.15, 0.2) is 43.2 Å². The lowest BCUT2D eigenvalue weighted by Crippen LogP contribution is -2.57. The molecule has 3 atom stereocenters. The van der Waals surface area contributed by atoms with E-state index in [-0.39, 0.29) is 21.6 Å². The van der Waals surface area contributed by atoms with Gasteiger partial charge in [0.05, 0.1) is 35.0 Å². The lowest BCUT2D eigenvalue weighted by molar-refractivity contribution is -0.138. The van der Waals surface area contributed by atoms with Gasteiger partial charge in [0.2, 0.25) is 5.91 Å². The molecule has 0 radical (unpaired) electrons. The molecule has 182 valence electrons. The van der Waals surface area contributed by atoms with Gasteiger partial charge in [0.25, 0.3) is 0 Å². The van der Waals surface area contributed by atoms with Crippen molar-refractivity contribution in [3.8, 4) is 11.5 Å². The van der Waals surface area contributed by atoms with Gasteiger partial charge in [0.1, 0.15) is 12.1 Å². The van der Waals surface area contributed by atoms with Crippen LogP contribution in [0.25, 0.3) is 10.9 Å². The first-order valence-electron chi connectivity index (χ1n) is 11.2. The quantitative estimate of drug-likeness (QED) is 0.330. The highest BCUT2D eigenvalue weighted by Crippen LogP contribution is 2.46. The molecule has 6 rings (SSSR count). The van der Waals surface area contributed by atoms with Crippen molar-refractivity contribution in [3.05, 3.63) is 59.1 Å². The van der Waals surface area contributed by atoms with Crippen LogP contribution < -0.4 is 14.8 Å². The molecular formula is C25H23Cl2FN4O3. The first kappa shape index (κ1) is 23.6. The second-order valence-corrected chi connectivity index (χ2v) is 9.55. The fourth-order valence-electron chi connectivity index (χ4n) is 4.94. The van der Waals surface area contributed by atoms with Crippen LogP contribution in [0, 0.1) is 23.6 Å². The molecule has 10 heteroatoms. The van der Waals surface area contributed by atoms with Crippen molar-refractivity contribution in [2.24, 2.45) is 17.8 Å². The number of fused-ring (bicyclic) bond motifs is 3. The molecule has 2 aromatic carbocycles. The van der Waals surface area contributed by atoms with Gasteiger partial charge in [-0.15, -0.1) is 0 Å². The average molecular weight is 517 g/mol. The minimum Gasteiger partial charge on any atom is -0.493 e. The smallest absolute Gasteiger partial charge is 0.245 e. The number of nitrogens with one attached hydrogen (secondary N) is 1. The van der Waals surface area contributed by atoms with E-state index in [4.69, 9.17) is 32.7 Å². The van der Waals surface area contributed by atoms with Gasteiger partial charge in [0.15, 0.2) is 17.3 Å². The molecule has 0 spiro atoms. The van der Waals surface area contributed by atoms with E-state index < -0.39 is 5.82 Å². The molecule has 1 amide bonds. The molecule has 3 aromatic rings. The van der Waals surface area contributed by atoms with Crippen LogP contribution in [0.2, 0.25) is 10.0 Å². The molecular weight excluding hydrogens is 494 g/mol. The van der Waals surface area contributed by atoms with Crippen LogP contribution in [-0.2, 0) is 4.79 Å². The summed E-state index contributed by atoms with van der Waals surface area (Å²) in [5, 5.41) is 3.57. The van der Waals surface area contributed by atoms with Crippen molar-refractivity contribution < 1.29 is 18.7 Å². The maximum Gasteiger partial charge on any atom is 0.245 e. The maximum atomic E-state index is 14.6. The molecule has 1 aromatic heterocycles. The normalized spacial score (nSPS) is 20.8. The van der Waals surface area contributed by atoms with E-state index in [0.29, 0.717) is 52.6 Å². The third-order valence-electron chi connectivity index (χ3n) is 6.85. The number of carbonyl (C=O) groups excluding carboxylic acids is 1. The predicted molar refractivity (Wildman–Crippen MR) is 133 cm³/mol. The van der Waals surface area contributed by atoms with E-state index in [1.807, 2.05) is 4.90 Å².